The van der Waals surface area contributed by atoms with Crippen LogP contribution in [0.2, 0.25) is 0 Å². The minimum atomic E-state index is -0.706. The Hall–Kier alpha value is -2.97. The van der Waals surface area contributed by atoms with E-state index in [2.05, 4.69) is 15.3 Å². The first-order valence-corrected chi connectivity index (χ1v) is 12.5. The number of aromatic nitrogens is 2. The maximum Gasteiger partial charge on any atom is 0.243 e. The zero-order chi connectivity index (χ0) is 24.4. The van der Waals surface area contributed by atoms with Crippen LogP contribution in [0.4, 0.5) is 0 Å². The van der Waals surface area contributed by atoms with E-state index < -0.39 is 12.1 Å². The number of H-pyrrole nitrogens is 1. The number of hydrogen-bond acceptors (Lipinski definition) is 5. The lowest BCUT2D eigenvalue weighted by Crippen LogP contribution is -2.48. The molecule has 0 bridgehead atoms. The summed E-state index contributed by atoms with van der Waals surface area (Å²) in [6.45, 7) is 8.48. The third-order valence-electron chi connectivity index (χ3n) is 6.43. The summed E-state index contributed by atoms with van der Waals surface area (Å²) in [5.74, 6) is -0.659. The van der Waals surface area contributed by atoms with Gasteiger partial charge in [0.05, 0.1) is 28.1 Å². The zero-order valence-corrected chi connectivity index (χ0v) is 20.9. The van der Waals surface area contributed by atoms with E-state index in [1.807, 2.05) is 69.7 Å². The number of aryl methyl sites for hydroxylation is 2. The third kappa shape index (κ3) is 5.08. The van der Waals surface area contributed by atoms with E-state index in [1.54, 1.807) is 16.2 Å². The number of thiazole rings is 1. The van der Waals surface area contributed by atoms with Crippen molar-refractivity contribution >= 4 is 23.2 Å². The van der Waals surface area contributed by atoms with Crippen molar-refractivity contribution in [2.24, 2.45) is 5.92 Å². The summed E-state index contributed by atoms with van der Waals surface area (Å²) in [4.78, 5) is 36.7. The van der Waals surface area contributed by atoms with Crippen molar-refractivity contribution in [2.75, 3.05) is 6.54 Å². The fourth-order valence-corrected chi connectivity index (χ4v) is 5.48. The van der Waals surface area contributed by atoms with Crippen LogP contribution in [0.3, 0.4) is 0 Å². The van der Waals surface area contributed by atoms with Crippen LogP contribution in [0, 0.1) is 19.8 Å². The molecule has 1 saturated heterocycles. The van der Waals surface area contributed by atoms with E-state index in [0.717, 1.165) is 33.0 Å². The molecule has 3 aromatic rings. The molecule has 1 aliphatic rings. The van der Waals surface area contributed by atoms with Crippen LogP contribution in [0.15, 0.2) is 42.0 Å². The van der Waals surface area contributed by atoms with Crippen molar-refractivity contribution in [3.05, 3.63) is 64.6 Å². The summed E-state index contributed by atoms with van der Waals surface area (Å²) in [6, 6.07) is 9.34. The number of benzene rings is 1. The van der Waals surface area contributed by atoms with Gasteiger partial charge in [-0.1, -0.05) is 38.1 Å². The predicted octanol–water partition coefficient (Wildman–Crippen LogP) is 3.77. The van der Waals surface area contributed by atoms with Crippen LogP contribution in [0.1, 0.15) is 48.7 Å². The second kappa shape index (κ2) is 10.1. The number of aromatic amines is 1. The molecule has 0 aliphatic carbocycles. The summed E-state index contributed by atoms with van der Waals surface area (Å²) in [7, 11) is 0. The van der Waals surface area contributed by atoms with Gasteiger partial charge < -0.3 is 20.3 Å². The molecule has 34 heavy (non-hydrogen) atoms. The first-order chi connectivity index (χ1) is 16.2. The Bertz CT molecular complexity index is 1150. The van der Waals surface area contributed by atoms with E-state index >= 15 is 0 Å². The number of hydrogen-bond donors (Lipinski definition) is 3. The third-order valence-corrected chi connectivity index (χ3v) is 7.41. The first kappa shape index (κ1) is 24.2. The van der Waals surface area contributed by atoms with Crippen molar-refractivity contribution in [1.82, 2.24) is 20.2 Å². The molecular weight excluding hydrogens is 448 g/mol. The smallest absolute Gasteiger partial charge is 0.243 e. The van der Waals surface area contributed by atoms with Gasteiger partial charge in [-0.15, -0.1) is 11.3 Å². The van der Waals surface area contributed by atoms with Gasteiger partial charge in [0.1, 0.15) is 6.04 Å². The molecule has 0 spiro atoms. The van der Waals surface area contributed by atoms with E-state index in [-0.39, 0.29) is 36.6 Å². The lowest BCUT2D eigenvalue weighted by atomic mass is 9.88. The average molecular weight is 481 g/mol. The van der Waals surface area contributed by atoms with Gasteiger partial charge >= 0.3 is 0 Å². The van der Waals surface area contributed by atoms with E-state index in [1.165, 1.54) is 0 Å². The second-order valence-corrected chi connectivity index (χ2v) is 10.3. The lowest BCUT2D eigenvalue weighted by molar-refractivity contribution is -0.140. The maximum absolute atomic E-state index is 13.5. The SMILES string of the molecule is Cc1cc([C@H](C(=O)N2C[C@H](O)C[C@H]2C(=O)NCc2ccc(-c3scnc3C)cc2)C(C)C)c[nH]1. The van der Waals surface area contributed by atoms with Crippen molar-refractivity contribution in [3.8, 4) is 10.4 Å². The first-order valence-electron chi connectivity index (χ1n) is 11.6. The molecule has 1 fully saturated rings. The molecule has 4 rings (SSSR count). The van der Waals surface area contributed by atoms with E-state index in [0.29, 0.717) is 6.54 Å². The Morgan fingerprint density at radius 3 is 2.59 bits per heavy atom. The van der Waals surface area contributed by atoms with Gasteiger partial charge in [-0.2, -0.15) is 0 Å². The minimum Gasteiger partial charge on any atom is -0.391 e. The number of carbonyl (C=O) groups is 2. The fraction of sp³-hybridized carbons (Fsp3) is 0.423. The highest BCUT2D eigenvalue weighted by atomic mass is 32.1. The molecule has 3 heterocycles. The minimum absolute atomic E-state index is 0.0600. The molecule has 7 nitrogen and oxygen atoms in total. The number of amides is 2. The van der Waals surface area contributed by atoms with Gasteiger partial charge in [0.15, 0.2) is 0 Å². The molecular formula is C26H32N4O3S. The molecule has 0 radical (unpaired) electrons. The average Bonchev–Trinajstić information content (AvgIpc) is 3.52. The normalized spacial score (nSPS) is 18.9. The standard InChI is InChI=1S/C26H32N4O3S/c1-15(2)23(20-9-16(3)27-12-20)26(33)30-13-21(31)10-22(30)25(32)28-11-18-5-7-19(8-6-18)24-17(4)29-14-34-24/h5-9,12,14-15,21-23,27,31H,10-11,13H2,1-4H3,(H,28,32)/t21-,22+,23-/m1/s1. The Kier molecular flexibility index (Phi) is 7.19. The summed E-state index contributed by atoms with van der Waals surface area (Å²) in [5.41, 5.74) is 6.81. The number of rotatable bonds is 7. The molecule has 2 amide bonds. The highest BCUT2D eigenvalue weighted by molar-refractivity contribution is 7.13. The van der Waals surface area contributed by atoms with Gasteiger partial charge in [0, 0.05) is 31.4 Å². The molecule has 180 valence electrons. The maximum atomic E-state index is 13.5. The van der Waals surface area contributed by atoms with Gasteiger partial charge in [0.2, 0.25) is 11.8 Å². The zero-order valence-electron chi connectivity index (χ0n) is 20.0. The number of carbonyl (C=O) groups excluding carboxylic acids is 2. The number of likely N-dealkylation sites (tertiary alicyclic amines) is 1. The van der Waals surface area contributed by atoms with Crippen LogP contribution >= 0.6 is 11.3 Å². The van der Waals surface area contributed by atoms with Crippen LogP contribution in [0.25, 0.3) is 10.4 Å². The van der Waals surface area contributed by atoms with Crippen LogP contribution in [0.5, 0.6) is 0 Å². The van der Waals surface area contributed by atoms with Crippen molar-refractivity contribution < 1.29 is 14.7 Å². The largest absolute Gasteiger partial charge is 0.391 e. The van der Waals surface area contributed by atoms with Gasteiger partial charge in [-0.3, -0.25) is 9.59 Å². The summed E-state index contributed by atoms with van der Waals surface area (Å²) >= 11 is 1.61. The molecule has 0 saturated carbocycles. The Morgan fingerprint density at radius 2 is 2.00 bits per heavy atom. The topological polar surface area (TPSA) is 98.3 Å². The number of nitrogens with zero attached hydrogens (tertiary/aromatic N) is 2. The van der Waals surface area contributed by atoms with Crippen LogP contribution < -0.4 is 5.32 Å². The molecule has 8 heteroatoms. The summed E-state index contributed by atoms with van der Waals surface area (Å²) in [5, 5.41) is 13.3. The quantitative estimate of drug-likeness (QED) is 0.479. The fourth-order valence-electron chi connectivity index (χ4n) is 4.67. The summed E-state index contributed by atoms with van der Waals surface area (Å²) < 4.78 is 0. The predicted molar refractivity (Wildman–Crippen MR) is 133 cm³/mol. The highest BCUT2D eigenvalue weighted by Gasteiger charge is 2.42. The van der Waals surface area contributed by atoms with E-state index in [4.69, 9.17) is 0 Å². The Balaban J connectivity index is 1.43. The van der Waals surface area contributed by atoms with E-state index in [9.17, 15) is 14.7 Å². The number of aliphatic hydroxyl groups excluding tert-OH is 1. The van der Waals surface area contributed by atoms with Gasteiger partial charge in [0.25, 0.3) is 0 Å². The van der Waals surface area contributed by atoms with Crippen LogP contribution in [-0.4, -0.2) is 50.5 Å². The number of aliphatic hydroxyl groups is 1. The second-order valence-electron chi connectivity index (χ2n) is 9.42. The highest BCUT2D eigenvalue weighted by Crippen LogP contribution is 2.31. The van der Waals surface area contributed by atoms with Crippen molar-refractivity contribution in [2.45, 2.75) is 58.7 Å². The Morgan fingerprint density at radius 1 is 1.26 bits per heavy atom. The molecule has 3 N–H and O–H groups in total. The Labute approximate surface area is 204 Å². The lowest BCUT2D eigenvalue weighted by Gasteiger charge is -2.29. The van der Waals surface area contributed by atoms with Gasteiger partial charge in [-0.05, 0) is 42.5 Å². The monoisotopic (exact) mass is 480 g/mol. The van der Waals surface area contributed by atoms with Gasteiger partial charge in [-0.25, -0.2) is 4.98 Å². The number of β-amino-alcohol motifs (C(OH)–C–C–N with tert-alkyl or cyclic N) is 1. The molecule has 3 atom stereocenters. The van der Waals surface area contributed by atoms with Crippen LogP contribution in [-0.2, 0) is 16.1 Å². The number of nitrogens with one attached hydrogen (secondary N) is 2. The molecule has 0 unspecified atom stereocenters. The molecule has 1 aromatic carbocycles. The summed E-state index contributed by atoms with van der Waals surface area (Å²) in [6.07, 6.45) is 1.40. The molecule has 2 aromatic heterocycles. The van der Waals surface area contributed by atoms with Crippen molar-refractivity contribution in [3.63, 3.8) is 0 Å². The van der Waals surface area contributed by atoms with Crippen molar-refractivity contribution in [1.29, 1.82) is 0 Å². The molecule has 1 aliphatic heterocycles.